The van der Waals surface area contributed by atoms with Gasteiger partial charge < -0.3 is 0 Å². The molecule has 24 heavy (non-hydrogen) atoms. The van der Waals surface area contributed by atoms with E-state index in [1.165, 1.54) is 0 Å². The molecule has 3 saturated carbocycles. The van der Waals surface area contributed by atoms with Crippen molar-refractivity contribution in [2.24, 2.45) is 23.2 Å². The maximum absolute atomic E-state index is 13.1. The number of alkyl halides is 3. The summed E-state index contributed by atoms with van der Waals surface area (Å²) >= 11 is -1.18. The van der Waals surface area contributed by atoms with Crippen molar-refractivity contribution in [2.45, 2.75) is 51.5 Å². The average molecular weight is 551 g/mol. The number of halogens is 2. The summed E-state index contributed by atoms with van der Waals surface area (Å²) in [4.78, 5) is 27.7. The minimum atomic E-state index is -0.942. The molecule has 0 aromatic carbocycles. The number of rotatable bonds is 4. The van der Waals surface area contributed by atoms with Crippen molar-refractivity contribution in [3.8, 4) is 0 Å². The van der Waals surface area contributed by atoms with Crippen LogP contribution in [-0.2, 0) is 19.1 Å². The van der Waals surface area contributed by atoms with Gasteiger partial charge in [0.15, 0.2) is 0 Å². The van der Waals surface area contributed by atoms with Crippen LogP contribution >= 0.6 is 19.4 Å². The van der Waals surface area contributed by atoms with Gasteiger partial charge in [-0.25, -0.2) is 0 Å². The number of esters is 2. The van der Waals surface area contributed by atoms with Crippen molar-refractivity contribution in [2.75, 3.05) is 4.93 Å². The Morgan fingerprint density at radius 2 is 2.17 bits per heavy atom. The van der Waals surface area contributed by atoms with Crippen LogP contribution in [0.4, 0.5) is 0 Å². The Morgan fingerprint density at radius 1 is 1.42 bits per heavy atom. The summed E-state index contributed by atoms with van der Waals surface area (Å²) in [7, 11) is 0. The molecule has 8 heteroatoms. The van der Waals surface area contributed by atoms with Crippen molar-refractivity contribution in [1.82, 2.24) is 0 Å². The van der Waals surface area contributed by atoms with E-state index in [0.717, 1.165) is 25.7 Å². The molecule has 3 bridgehead atoms. The van der Waals surface area contributed by atoms with Crippen LogP contribution in [0.3, 0.4) is 0 Å². The van der Waals surface area contributed by atoms with Crippen LogP contribution in [0, 0.1) is 23.2 Å². The Balaban J connectivity index is 1.27. The molecule has 128 valence electrons. The van der Waals surface area contributed by atoms with Gasteiger partial charge in [0, 0.05) is 0 Å². The molecule has 4 nitrogen and oxygen atoms in total. The SMILES string of the molecule is C[I-]C(C)(C(=O)OC1C2CC3CC4C(=O)OC1CC34C2)C12[B]I1[B]2. The number of hydrogen-bond acceptors (Lipinski definition) is 4. The molecule has 7 unspecified atom stereocenters. The number of carbonyl (C=O) groups excluding carboxylic acids is 2. The Bertz CT molecular complexity index is 683. The zero-order valence-electron chi connectivity index (χ0n) is 13.8. The van der Waals surface area contributed by atoms with E-state index in [0.29, 0.717) is 11.8 Å². The summed E-state index contributed by atoms with van der Waals surface area (Å²) in [5.74, 6) is 1.20. The van der Waals surface area contributed by atoms with Gasteiger partial charge in [0.25, 0.3) is 0 Å². The van der Waals surface area contributed by atoms with Gasteiger partial charge in [-0.15, -0.1) is 0 Å². The second-order valence-electron chi connectivity index (χ2n) is 8.49. The molecule has 2 radical (unpaired) electrons. The molecule has 3 heterocycles. The fourth-order valence-corrected chi connectivity index (χ4v) is 18.0. The third-order valence-corrected chi connectivity index (χ3v) is 18.0. The minimum absolute atomic E-state index is 0.000898. The second-order valence-corrected chi connectivity index (χ2v) is 16.7. The van der Waals surface area contributed by atoms with Crippen LogP contribution in [0.2, 0.25) is 0 Å². The third-order valence-electron chi connectivity index (χ3n) is 7.76. The summed E-state index contributed by atoms with van der Waals surface area (Å²) < 4.78 is 11.8. The van der Waals surface area contributed by atoms with Crippen LogP contribution in [0.5, 0.6) is 0 Å². The summed E-state index contributed by atoms with van der Waals surface area (Å²) in [5, 5.41) is 4.89. The van der Waals surface area contributed by atoms with E-state index < -0.39 is 19.4 Å². The van der Waals surface area contributed by atoms with E-state index in [-0.39, 0.29) is 63.3 Å². The summed E-state index contributed by atoms with van der Waals surface area (Å²) in [6, 6.07) is 0. The van der Waals surface area contributed by atoms with Gasteiger partial charge in [0.2, 0.25) is 0 Å². The van der Waals surface area contributed by atoms with E-state index in [1.54, 1.807) is 0 Å². The zero-order chi connectivity index (χ0) is 16.5. The molecule has 3 aliphatic carbocycles. The van der Waals surface area contributed by atoms with E-state index in [9.17, 15) is 9.59 Å². The molecule has 3 aliphatic heterocycles. The van der Waals surface area contributed by atoms with Gasteiger partial charge in [-0.3, -0.25) is 0 Å². The first-order valence-electron chi connectivity index (χ1n) is 8.75. The van der Waals surface area contributed by atoms with Crippen LogP contribution in [0.15, 0.2) is 0 Å². The summed E-state index contributed by atoms with van der Waals surface area (Å²) in [6.07, 6.45) is 3.77. The number of carbonyl (C=O) groups is 2. The summed E-state index contributed by atoms with van der Waals surface area (Å²) in [6.45, 7) is 2.13. The first-order chi connectivity index (χ1) is 11.4. The Kier molecular flexibility index (Phi) is 2.92. The fourth-order valence-electron chi connectivity index (χ4n) is 6.05. The molecule has 1 spiro atoms. The zero-order valence-corrected chi connectivity index (χ0v) is 18.1. The number of hydrogen-bond donors (Lipinski definition) is 0. The van der Waals surface area contributed by atoms with E-state index in [1.807, 2.05) is 0 Å². The molecule has 0 amide bonds. The van der Waals surface area contributed by atoms with Crippen LogP contribution in [0.25, 0.3) is 0 Å². The topological polar surface area (TPSA) is 52.6 Å². The maximum atomic E-state index is 13.1. The van der Waals surface area contributed by atoms with Crippen LogP contribution in [0.1, 0.15) is 32.6 Å². The van der Waals surface area contributed by atoms with Gasteiger partial charge in [0.05, 0.1) is 0 Å². The normalized spacial score (nSPS) is 51.2. The van der Waals surface area contributed by atoms with Crippen molar-refractivity contribution in [1.29, 1.82) is 0 Å². The molecule has 6 fully saturated rings. The monoisotopic (exact) mass is 551 g/mol. The predicted molar refractivity (Wildman–Crippen MR) is 93.7 cm³/mol. The molecule has 6 rings (SSSR count). The Labute approximate surface area is 160 Å². The van der Waals surface area contributed by atoms with Gasteiger partial charge >= 0.3 is 161 Å². The first-order valence-corrected chi connectivity index (χ1v) is 15.6. The third kappa shape index (κ3) is 1.61. The van der Waals surface area contributed by atoms with Crippen molar-refractivity contribution < 1.29 is 40.3 Å². The number of ether oxygens (including phenoxy) is 2. The van der Waals surface area contributed by atoms with Crippen molar-refractivity contribution in [3.63, 3.8) is 0 Å². The van der Waals surface area contributed by atoms with Crippen LogP contribution in [-0.4, -0.2) is 46.0 Å². The molecular weight excluding hydrogens is 532 g/mol. The summed E-state index contributed by atoms with van der Waals surface area (Å²) in [5.41, 5.74) is 0.209. The molecular formula is C16H19B2I2O4-. The van der Waals surface area contributed by atoms with Crippen molar-refractivity contribution >= 4 is 41.6 Å². The Hall–Kier alpha value is 0.530. The predicted octanol–water partition coefficient (Wildman–Crippen LogP) is -1.84. The fraction of sp³-hybridized carbons (Fsp3) is 0.875. The molecule has 0 aromatic rings. The van der Waals surface area contributed by atoms with Gasteiger partial charge in [0.1, 0.15) is 0 Å². The van der Waals surface area contributed by atoms with Crippen molar-refractivity contribution in [3.05, 3.63) is 0 Å². The van der Waals surface area contributed by atoms with Gasteiger partial charge in [-0.2, -0.15) is 0 Å². The average Bonchev–Trinajstić information content (AvgIpc) is 3.39. The second kappa shape index (κ2) is 4.50. The molecule has 7 atom stereocenters. The van der Waals surface area contributed by atoms with E-state index in [2.05, 4.69) is 22.1 Å². The van der Waals surface area contributed by atoms with Gasteiger partial charge in [-0.05, 0) is 0 Å². The standard InChI is InChI=1S/C16H19B2I2O4/c1-14(19-2,16-17-20(16)18-16)13(22)24-11-7-3-8-4-9-12(21)23-10(11)6-15(8,9)5-7/h7-11H,3-6H2,1-2H3/q-1. The quantitative estimate of drug-likeness (QED) is 0.179. The van der Waals surface area contributed by atoms with Crippen LogP contribution < -0.4 is 21.2 Å². The van der Waals surface area contributed by atoms with Gasteiger partial charge in [-0.1, -0.05) is 0 Å². The molecule has 0 N–H and O–H groups in total. The molecule has 0 aromatic heterocycles. The molecule has 3 saturated heterocycles. The first kappa shape index (κ1) is 15.6. The number of fused-ring (bicyclic) bond motifs is 3. The Morgan fingerprint density at radius 3 is 2.83 bits per heavy atom. The van der Waals surface area contributed by atoms with E-state index >= 15 is 0 Å². The van der Waals surface area contributed by atoms with E-state index in [4.69, 9.17) is 9.47 Å². The molecule has 6 aliphatic rings.